The Morgan fingerprint density at radius 1 is 1.06 bits per heavy atom. The van der Waals surface area contributed by atoms with Gasteiger partial charge in [-0.15, -0.1) is 0 Å². The van der Waals surface area contributed by atoms with Crippen LogP contribution in [0.4, 0.5) is 15.8 Å². The smallest absolute Gasteiger partial charge is 0.300 e. The number of anilines is 1. The molecule has 1 atom stereocenters. The van der Waals surface area contributed by atoms with Crippen molar-refractivity contribution in [3.63, 3.8) is 0 Å². The van der Waals surface area contributed by atoms with Gasteiger partial charge in [0.05, 0.1) is 23.6 Å². The number of nitro benzene ring substituents is 1. The Kier molecular flexibility index (Phi) is 5.61. The summed E-state index contributed by atoms with van der Waals surface area (Å²) in [5.41, 5.74) is 0.321. The summed E-state index contributed by atoms with van der Waals surface area (Å²) in [6, 6.07) is 15.6. The van der Waals surface area contributed by atoms with Crippen LogP contribution in [0.1, 0.15) is 17.2 Å². The van der Waals surface area contributed by atoms with Crippen molar-refractivity contribution in [1.82, 2.24) is 0 Å². The van der Waals surface area contributed by atoms with Gasteiger partial charge in [0.1, 0.15) is 17.3 Å². The van der Waals surface area contributed by atoms with Crippen LogP contribution in [0.3, 0.4) is 0 Å². The lowest BCUT2D eigenvalue weighted by Crippen LogP contribution is -2.29. The van der Waals surface area contributed by atoms with Gasteiger partial charge in [0.25, 0.3) is 17.4 Å². The number of halogens is 1. The van der Waals surface area contributed by atoms with Gasteiger partial charge in [-0.1, -0.05) is 18.2 Å². The third-order valence-electron chi connectivity index (χ3n) is 5.31. The van der Waals surface area contributed by atoms with Crippen molar-refractivity contribution in [1.29, 1.82) is 0 Å². The molecule has 1 amide bonds. The number of ketones is 1. The number of carbonyl (C=O) groups excluding carboxylic acids is 2. The van der Waals surface area contributed by atoms with Crippen LogP contribution in [-0.4, -0.2) is 28.8 Å². The van der Waals surface area contributed by atoms with Crippen LogP contribution in [0.5, 0.6) is 5.75 Å². The van der Waals surface area contributed by atoms with Gasteiger partial charge in [-0.3, -0.25) is 24.6 Å². The van der Waals surface area contributed by atoms with Gasteiger partial charge in [0.15, 0.2) is 0 Å². The number of rotatable bonds is 5. The number of nitrogens with zero attached hydrogens (tertiary/aromatic N) is 2. The van der Waals surface area contributed by atoms with Crippen molar-refractivity contribution in [3.05, 3.63) is 105 Å². The monoisotopic (exact) mass is 448 g/mol. The Morgan fingerprint density at radius 2 is 1.73 bits per heavy atom. The average Bonchev–Trinajstić information content (AvgIpc) is 3.09. The van der Waals surface area contributed by atoms with Crippen LogP contribution in [0.2, 0.25) is 0 Å². The first-order chi connectivity index (χ1) is 15.8. The maximum atomic E-state index is 13.9. The summed E-state index contributed by atoms with van der Waals surface area (Å²) < 4.78 is 19.1. The lowest BCUT2D eigenvalue weighted by Gasteiger charge is -2.25. The van der Waals surface area contributed by atoms with Crippen molar-refractivity contribution in [2.24, 2.45) is 0 Å². The van der Waals surface area contributed by atoms with Crippen molar-refractivity contribution in [3.8, 4) is 5.75 Å². The van der Waals surface area contributed by atoms with Crippen molar-refractivity contribution in [2.45, 2.75) is 6.04 Å². The van der Waals surface area contributed by atoms with E-state index in [2.05, 4.69) is 0 Å². The number of carbonyl (C=O) groups is 2. The number of nitro groups is 1. The molecule has 1 saturated heterocycles. The predicted octanol–water partition coefficient (Wildman–Crippen LogP) is 4.37. The van der Waals surface area contributed by atoms with E-state index in [0.29, 0.717) is 11.3 Å². The highest BCUT2D eigenvalue weighted by Crippen LogP contribution is 2.42. The summed E-state index contributed by atoms with van der Waals surface area (Å²) >= 11 is 0. The second-order valence-electron chi connectivity index (χ2n) is 7.23. The minimum Gasteiger partial charge on any atom is -0.507 e. The second kappa shape index (κ2) is 8.54. The largest absolute Gasteiger partial charge is 0.507 e. The maximum absolute atomic E-state index is 13.9. The average molecular weight is 448 g/mol. The number of Topliss-reactive ketones (excluding diaryl/α,β-unsaturated/α-hetero) is 1. The molecule has 4 rings (SSSR count). The minimum absolute atomic E-state index is 0.122. The van der Waals surface area contributed by atoms with Crippen LogP contribution in [-0.2, 0) is 9.59 Å². The minimum atomic E-state index is -1.06. The molecule has 8 nitrogen and oxygen atoms in total. The summed E-state index contributed by atoms with van der Waals surface area (Å²) in [5, 5.41) is 21.9. The summed E-state index contributed by atoms with van der Waals surface area (Å²) in [6.07, 6.45) is 0. The molecule has 1 fully saturated rings. The summed E-state index contributed by atoms with van der Waals surface area (Å²) in [5.74, 6) is -2.46. The lowest BCUT2D eigenvalue weighted by molar-refractivity contribution is -0.384. The topological polar surface area (TPSA) is 110 Å². The normalized spacial score (nSPS) is 17.3. The number of methoxy groups -OCH3 is 1. The molecule has 33 heavy (non-hydrogen) atoms. The second-order valence-corrected chi connectivity index (χ2v) is 7.23. The molecular formula is C24H17FN2O6. The molecule has 166 valence electrons. The van der Waals surface area contributed by atoms with Crippen LogP contribution < -0.4 is 9.64 Å². The third-order valence-corrected chi connectivity index (χ3v) is 5.31. The number of non-ortho nitro benzene ring substituents is 1. The highest BCUT2D eigenvalue weighted by Gasteiger charge is 2.47. The van der Waals surface area contributed by atoms with E-state index in [-0.39, 0.29) is 22.5 Å². The molecule has 0 bridgehead atoms. The van der Waals surface area contributed by atoms with E-state index in [4.69, 9.17) is 4.74 Å². The molecule has 0 spiro atoms. The summed E-state index contributed by atoms with van der Waals surface area (Å²) in [6.45, 7) is 0. The molecule has 1 heterocycles. The number of hydrogen-bond donors (Lipinski definition) is 1. The molecule has 0 aliphatic carbocycles. The van der Waals surface area contributed by atoms with Gasteiger partial charge in [0.2, 0.25) is 0 Å². The number of ether oxygens (including phenoxy) is 1. The van der Waals surface area contributed by atoms with E-state index in [1.54, 1.807) is 24.3 Å². The molecule has 0 saturated carbocycles. The van der Waals surface area contributed by atoms with Crippen LogP contribution in [0.25, 0.3) is 5.76 Å². The van der Waals surface area contributed by atoms with Gasteiger partial charge >= 0.3 is 0 Å². The molecule has 1 N–H and O–H groups in total. The van der Waals surface area contributed by atoms with Gasteiger partial charge in [-0.05, 0) is 48.0 Å². The Hall–Kier alpha value is -4.53. The maximum Gasteiger partial charge on any atom is 0.300 e. The standard InChI is InChI=1S/C24H17FN2O6/c1-33-19-11-7-14(8-12-19)21-20(22(28)15-5-9-17(10-6-15)27(31)32)23(29)24(30)26(21)18-4-2-3-16(25)13-18/h2-13,21,28H,1H3/b22-20+. The molecule has 3 aromatic rings. The number of amides is 1. The number of aliphatic hydroxyl groups is 1. The highest BCUT2D eigenvalue weighted by molar-refractivity contribution is 6.51. The van der Waals surface area contributed by atoms with E-state index in [0.717, 1.165) is 11.0 Å². The highest BCUT2D eigenvalue weighted by atomic mass is 19.1. The molecule has 9 heteroatoms. The van der Waals surface area contributed by atoms with Crippen molar-refractivity contribution >= 4 is 28.8 Å². The summed E-state index contributed by atoms with van der Waals surface area (Å²) in [7, 11) is 1.49. The molecule has 0 aromatic heterocycles. The Labute approximate surface area is 187 Å². The van der Waals surface area contributed by atoms with E-state index in [1.807, 2.05) is 0 Å². The van der Waals surface area contributed by atoms with Crippen LogP contribution >= 0.6 is 0 Å². The first-order valence-corrected chi connectivity index (χ1v) is 9.77. The fraction of sp³-hybridized carbons (Fsp3) is 0.0833. The molecule has 1 aliphatic heterocycles. The summed E-state index contributed by atoms with van der Waals surface area (Å²) in [4.78, 5) is 37.5. The fourth-order valence-corrected chi connectivity index (χ4v) is 3.72. The molecule has 1 unspecified atom stereocenters. The van der Waals surface area contributed by atoms with E-state index in [9.17, 15) is 29.2 Å². The fourth-order valence-electron chi connectivity index (χ4n) is 3.72. The van der Waals surface area contributed by atoms with Gasteiger partial charge in [0, 0.05) is 23.4 Å². The Balaban J connectivity index is 1.91. The number of hydrogen-bond acceptors (Lipinski definition) is 6. The Bertz CT molecular complexity index is 1290. The zero-order chi connectivity index (χ0) is 23.7. The first-order valence-electron chi connectivity index (χ1n) is 9.77. The van der Waals surface area contributed by atoms with Crippen molar-refractivity contribution in [2.75, 3.05) is 12.0 Å². The van der Waals surface area contributed by atoms with Gasteiger partial charge < -0.3 is 9.84 Å². The number of aliphatic hydroxyl groups excluding tert-OH is 1. The van der Waals surface area contributed by atoms with Crippen LogP contribution in [0.15, 0.2) is 78.4 Å². The first kappa shape index (κ1) is 21.7. The van der Waals surface area contributed by atoms with Gasteiger partial charge in [-0.25, -0.2) is 4.39 Å². The quantitative estimate of drug-likeness (QED) is 0.204. The SMILES string of the molecule is COc1ccc(C2/C(=C(\O)c3ccc([N+](=O)[O-])cc3)C(=O)C(=O)N2c2cccc(F)c2)cc1. The Morgan fingerprint density at radius 3 is 2.30 bits per heavy atom. The third kappa shape index (κ3) is 3.91. The predicted molar refractivity (Wildman–Crippen MR) is 117 cm³/mol. The molecular weight excluding hydrogens is 431 g/mol. The zero-order valence-corrected chi connectivity index (χ0v) is 17.3. The van der Waals surface area contributed by atoms with Crippen LogP contribution in [0, 0.1) is 15.9 Å². The van der Waals surface area contributed by atoms with E-state index < -0.39 is 34.2 Å². The lowest BCUT2D eigenvalue weighted by atomic mass is 9.95. The molecule has 1 aliphatic rings. The van der Waals surface area contributed by atoms with E-state index in [1.165, 1.54) is 49.6 Å². The molecule has 0 radical (unpaired) electrons. The van der Waals surface area contributed by atoms with Crippen molar-refractivity contribution < 1.29 is 28.7 Å². The molecule has 3 aromatic carbocycles. The number of benzene rings is 3. The van der Waals surface area contributed by atoms with Gasteiger partial charge in [-0.2, -0.15) is 0 Å². The van der Waals surface area contributed by atoms with E-state index >= 15 is 0 Å². The zero-order valence-electron chi connectivity index (χ0n) is 17.3.